The van der Waals surface area contributed by atoms with Crippen molar-refractivity contribution < 1.29 is 18.7 Å². The van der Waals surface area contributed by atoms with Gasteiger partial charge in [-0.05, 0) is 43.0 Å². The summed E-state index contributed by atoms with van der Waals surface area (Å²) >= 11 is 0. The summed E-state index contributed by atoms with van der Waals surface area (Å²) in [5, 5.41) is 0. The maximum atomic E-state index is 13.1. The third-order valence-corrected chi connectivity index (χ3v) is 6.55. The summed E-state index contributed by atoms with van der Waals surface area (Å²) in [6, 6.07) is 6.48. The number of esters is 1. The molecule has 6 heteroatoms. The van der Waals surface area contributed by atoms with Gasteiger partial charge in [0.05, 0.1) is 11.8 Å². The van der Waals surface area contributed by atoms with Crippen LogP contribution in [0.4, 0.5) is 10.1 Å². The minimum Gasteiger partial charge on any atom is -0.462 e. The summed E-state index contributed by atoms with van der Waals surface area (Å²) in [4.78, 5) is 29.3. The number of benzene rings is 1. The third kappa shape index (κ3) is 2.26. The van der Waals surface area contributed by atoms with E-state index in [9.17, 15) is 14.0 Å². The number of halogens is 1. The predicted molar refractivity (Wildman–Crippen MR) is 88.3 cm³/mol. The van der Waals surface area contributed by atoms with Gasteiger partial charge in [-0.25, -0.2) is 4.39 Å². The first-order valence-electron chi connectivity index (χ1n) is 9.11. The van der Waals surface area contributed by atoms with Crippen LogP contribution in [0.5, 0.6) is 0 Å². The number of hydrogen-bond acceptors (Lipinski definition) is 4. The Hall–Kier alpha value is -2.11. The number of carbonyl (C=O) groups is 2. The molecule has 2 aliphatic carbocycles. The molecule has 1 amide bonds. The number of ether oxygens (including phenoxy) is 1. The Morgan fingerprint density at radius 2 is 1.80 bits per heavy atom. The van der Waals surface area contributed by atoms with Crippen molar-refractivity contribution >= 4 is 17.6 Å². The quantitative estimate of drug-likeness (QED) is 0.766. The Kier molecular flexibility index (Phi) is 3.30. The zero-order valence-corrected chi connectivity index (χ0v) is 13.9. The predicted octanol–water partition coefficient (Wildman–Crippen LogP) is 1.67. The SMILES string of the molecule is O=C1O[C@@H]2C[C@H]3C[C@@H]2[C@@H]1[C@H]3C(=O)N1CCN(c2ccc(F)cc2)CC1. The molecular weight excluding hydrogens is 323 g/mol. The van der Waals surface area contributed by atoms with E-state index in [-0.39, 0.29) is 41.6 Å². The molecule has 25 heavy (non-hydrogen) atoms. The minimum atomic E-state index is -0.240. The molecule has 2 aliphatic heterocycles. The molecular formula is C19H21FN2O3. The summed E-state index contributed by atoms with van der Waals surface area (Å²) in [6.45, 7) is 2.76. The van der Waals surface area contributed by atoms with Gasteiger partial charge in [0.25, 0.3) is 0 Å². The first kappa shape index (κ1) is 15.2. The lowest BCUT2D eigenvalue weighted by molar-refractivity contribution is -0.148. The summed E-state index contributed by atoms with van der Waals surface area (Å²) in [6.07, 6.45) is 1.90. The van der Waals surface area contributed by atoms with Crippen molar-refractivity contribution in [3.8, 4) is 0 Å². The van der Waals surface area contributed by atoms with Crippen LogP contribution < -0.4 is 4.90 Å². The number of anilines is 1. The number of amides is 1. The van der Waals surface area contributed by atoms with E-state index in [1.54, 1.807) is 12.1 Å². The van der Waals surface area contributed by atoms with Crippen molar-refractivity contribution in [2.45, 2.75) is 18.9 Å². The number of fused-ring (bicyclic) bond motifs is 1. The first-order valence-corrected chi connectivity index (χ1v) is 9.11. The molecule has 2 heterocycles. The van der Waals surface area contributed by atoms with Gasteiger partial charge in [0.2, 0.25) is 5.91 Å². The second-order valence-corrected chi connectivity index (χ2v) is 7.71. The van der Waals surface area contributed by atoms with Crippen molar-refractivity contribution in [1.29, 1.82) is 0 Å². The maximum Gasteiger partial charge on any atom is 0.310 e. The van der Waals surface area contributed by atoms with Gasteiger partial charge in [0, 0.05) is 37.8 Å². The molecule has 4 aliphatic rings. The highest BCUT2D eigenvalue weighted by atomic mass is 19.1. The monoisotopic (exact) mass is 344 g/mol. The van der Waals surface area contributed by atoms with E-state index in [1.165, 1.54) is 12.1 Å². The number of carbonyl (C=O) groups excluding carboxylic acids is 2. The second kappa shape index (κ2) is 5.44. The first-order chi connectivity index (χ1) is 12.1. The average molecular weight is 344 g/mol. The van der Waals surface area contributed by atoms with Crippen molar-refractivity contribution in [1.82, 2.24) is 4.90 Å². The van der Waals surface area contributed by atoms with E-state index in [4.69, 9.17) is 4.74 Å². The average Bonchev–Trinajstić information content (AvgIpc) is 3.24. The van der Waals surface area contributed by atoms with Gasteiger partial charge in [-0.2, -0.15) is 0 Å². The molecule has 5 rings (SSSR count). The van der Waals surface area contributed by atoms with Crippen LogP contribution in [0.25, 0.3) is 0 Å². The van der Waals surface area contributed by atoms with Gasteiger partial charge in [-0.1, -0.05) is 0 Å². The highest BCUT2D eigenvalue weighted by molar-refractivity contribution is 5.88. The molecule has 2 saturated heterocycles. The highest BCUT2D eigenvalue weighted by Gasteiger charge is 2.64. The lowest BCUT2D eigenvalue weighted by Crippen LogP contribution is -2.52. The minimum absolute atomic E-state index is 0.0712. The summed E-state index contributed by atoms with van der Waals surface area (Å²) in [5.41, 5.74) is 0.982. The highest BCUT2D eigenvalue weighted by Crippen LogP contribution is 2.58. The van der Waals surface area contributed by atoms with E-state index < -0.39 is 0 Å². The van der Waals surface area contributed by atoms with Crippen LogP contribution in [0.3, 0.4) is 0 Å². The lowest BCUT2D eigenvalue weighted by atomic mass is 9.79. The number of hydrogen-bond donors (Lipinski definition) is 0. The normalized spacial score (nSPS) is 36.0. The van der Waals surface area contributed by atoms with Gasteiger partial charge in [-0.15, -0.1) is 0 Å². The summed E-state index contributed by atoms with van der Waals surface area (Å²) in [5.74, 6) is -0.0523. The van der Waals surface area contributed by atoms with Crippen LogP contribution in [0.2, 0.25) is 0 Å². The fourth-order valence-corrected chi connectivity index (χ4v) is 5.39. The van der Waals surface area contributed by atoms with Gasteiger partial charge < -0.3 is 14.5 Å². The van der Waals surface area contributed by atoms with Gasteiger partial charge in [0.1, 0.15) is 11.9 Å². The Labute approximate surface area is 145 Å². The van der Waals surface area contributed by atoms with Crippen LogP contribution in [-0.4, -0.2) is 49.1 Å². The zero-order valence-electron chi connectivity index (χ0n) is 13.9. The number of piperazine rings is 1. The van der Waals surface area contributed by atoms with E-state index in [0.29, 0.717) is 19.0 Å². The van der Waals surface area contributed by atoms with Gasteiger partial charge in [0.15, 0.2) is 0 Å². The van der Waals surface area contributed by atoms with Crippen LogP contribution in [0, 0.1) is 29.5 Å². The van der Waals surface area contributed by atoms with Crippen LogP contribution in [0.1, 0.15) is 12.8 Å². The summed E-state index contributed by atoms with van der Waals surface area (Å²) < 4.78 is 18.5. The number of rotatable bonds is 2. The smallest absolute Gasteiger partial charge is 0.310 e. The zero-order chi connectivity index (χ0) is 17.1. The lowest BCUT2D eigenvalue weighted by Gasteiger charge is -2.38. The van der Waals surface area contributed by atoms with Crippen molar-refractivity contribution in [2.75, 3.05) is 31.1 Å². The molecule has 0 N–H and O–H groups in total. The third-order valence-electron chi connectivity index (χ3n) is 6.55. The molecule has 132 valence electrons. The van der Waals surface area contributed by atoms with Crippen molar-refractivity contribution in [3.63, 3.8) is 0 Å². The van der Waals surface area contributed by atoms with Crippen molar-refractivity contribution in [3.05, 3.63) is 30.1 Å². The van der Waals surface area contributed by atoms with E-state index in [0.717, 1.165) is 31.6 Å². The molecule has 0 spiro atoms. The molecule has 2 bridgehead atoms. The topological polar surface area (TPSA) is 49.9 Å². The number of nitrogens with zero attached hydrogens (tertiary/aromatic N) is 2. The molecule has 0 unspecified atom stereocenters. The Bertz CT molecular complexity index is 712. The Morgan fingerprint density at radius 1 is 1.08 bits per heavy atom. The maximum absolute atomic E-state index is 13.1. The molecule has 5 nitrogen and oxygen atoms in total. The van der Waals surface area contributed by atoms with E-state index in [2.05, 4.69) is 4.90 Å². The molecule has 2 saturated carbocycles. The largest absolute Gasteiger partial charge is 0.462 e. The fourth-order valence-electron chi connectivity index (χ4n) is 5.39. The molecule has 0 aromatic heterocycles. The summed E-state index contributed by atoms with van der Waals surface area (Å²) in [7, 11) is 0. The second-order valence-electron chi connectivity index (χ2n) is 7.71. The van der Waals surface area contributed by atoms with Crippen LogP contribution in [0.15, 0.2) is 24.3 Å². The molecule has 4 fully saturated rings. The van der Waals surface area contributed by atoms with E-state index in [1.807, 2.05) is 4.90 Å². The standard InChI is InChI=1S/C19H21FN2O3/c20-12-1-3-13(4-2-12)21-5-7-22(8-6-21)18(23)16-11-9-14-15(10-11)25-19(24)17(14)16/h1-4,11,14-17H,5-10H2/t11-,14+,15-,16+,17-/m1/s1. The van der Waals surface area contributed by atoms with Crippen LogP contribution in [-0.2, 0) is 14.3 Å². The van der Waals surface area contributed by atoms with Gasteiger partial charge >= 0.3 is 5.97 Å². The Morgan fingerprint density at radius 3 is 2.52 bits per heavy atom. The molecule has 0 radical (unpaired) electrons. The van der Waals surface area contributed by atoms with E-state index >= 15 is 0 Å². The molecule has 1 aromatic carbocycles. The van der Waals surface area contributed by atoms with Crippen LogP contribution >= 0.6 is 0 Å². The van der Waals surface area contributed by atoms with Gasteiger partial charge in [-0.3, -0.25) is 9.59 Å². The Balaban J connectivity index is 1.26. The van der Waals surface area contributed by atoms with Crippen molar-refractivity contribution in [2.24, 2.45) is 23.7 Å². The molecule has 5 atom stereocenters. The molecule has 1 aromatic rings. The fraction of sp³-hybridized carbons (Fsp3) is 0.579.